The van der Waals surface area contributed by atoms with Gasteiger partial charge in [0.15, 0.2) is 0 Å². The maximum absolute atomic E-state index is 3.48. The van der Waals surface area contributed by atoms with Crippen molar-refractivity contribution in [3.63, 3.8) is 0 Å². The van der Waals surface area contributed by atoms with E-state index in [2.05, 4.69) is 60.5 Å². The second kappa shape index (κ2) is 4.14. The van der Waals surface area contributed by atoms with Crippen LogP contribution >= 0.6 is 0 Å². The van der Waals surface area contributed by atoms with Crippen molar-refractivity contribution in [2.45, 2.75) is 26.7 Å². The van der Waals surface area contributed by atoms with Crippen LogP contribution in [0.2, 0.25) is 0 Å². The van der Waals surface area contributed by atoms with Crippen molar-refractivity contribution in [1.82, 2.24) is 9.97 Å². The van der Waals surface area contributed by atoms with Crippen LogP contribution in [0.4, 0.5) is 0 Å². The number of hydrogen-bond donors (Lipinski definition) is 2. The maximum atomic E-state index is 3.48. The summed E-state index contributed by atoms with van der Waals surface area (Å²) in [5.74, 6) is 0. The van der Waals surface area contributed by atoms with Crippen molar-refractivity contribution in [2.24, 2.45) is 0 Å². The summed E-state index contributed by atoms with van der Waals surface area (Å²) < 4.78 is 0. The fourth-order valence-electron chi connectivity index (χ4n) is 3.41. The number of H-pyrrole nitrogens is 2. The lowest BCUT2D eigenvalue weighted by Gasteiger charge is -2.06. The number of nitrogens with one attached hydrogen (secondary N) is 2. The number of benzene rings is 2. The van der Waals surface area contributed by atoms with Crippen molar-refractivity contribution in [2.75, 3.05) is 0 Å². The largest absolute Gasteiger partial charge is 0.359 e. The summed E-state index contributed by atoms with van der Waals surface area (Å²) in [6.07, 6.45) is 6.42. The van der Waals surface area contributed by atoms with E-state index in [9.17, 15) is 0 Å². The van der Waals surface area contributed by atoms with Gasteiger partial charge < -0.3 is 9.97 Å². The van der Waals surface area contributed by atoms with E-state index in [1.54, 1.807) is 0 Å². The normalized spacial score (nSPS) is 11.9. The highest BCUT2D eigenvalue weighted by atomic mass is 14.8. The summed E-state index contributed by atoms with van der Waals surface area (Å²) in [5, 5.41) is 5.48. The fraction of sp³-hybridized carbons (Fsp3) is 0.222. The van der Waals surface area contributed by atoms with Gasteiger partial charge in [-0.1, -0.05) is 38.1 Å². The molecule has 2 heteroatoms. The molecule has 2 aromatic carbocycles. The van der Waals surface area contributed by atoms with Gasteiger partial charge in [0.25, 0.3) is 0 Å². The Bertz CT molecular complexity index is 848. The summed E-state index contributed by atoms with van der Waals surface area (Å²) >= 11 is 0. The van der Waals surface area contributed by atoms with Gasteiger partial charge in [-0.05, 0) is 34.7 Å². The molecule has 4 aromatic rings. The van der Waals surface area contributed by atoms with Crippen LogP contribution in [0.1, 0.15) is 25.0 Å². The van der Waals surface area contributed by atoms with Crippen LogP contribution in [-0.4, -0.2) is 9.97 Å². The molecule has 0 fully saturated rings. The summed E-state index contributed by atoms with van der Waals surface area (Å²) in [4.78, 5) is 6.96. The first-order chi connectivity index (χ1) is 9.85. The molecule has 2 aromatic heterocycles. The van der Waals surface area contributed by atoms with Crippen molar-refractivity contribution in [3.8, 4) is 0 Å². The molecule has 0 saturated heterocycles. The molecule has 4 rings (SSSR count). The molecule has 0 amide bonds. The Balaban J connectivity index is 2.37. The predicted octanol–water partition coefficient (Wildman–Crippen LogP) is 4.93. The molecule has 20 heavy (non-hydrogen) atoms. The van der Waals surface area contributed by atoms with E-state index in [4.69, 9.17) is 0 Å². The molecule has 2 heterocycles. The monoisotopic (exact) mass is 262 g/mol. The summed E-state index contributed by atoms with van der Waals surface area (Å²) in [7, 11) is 0. The molecule has 0 bridgehead atoms. The molecule has 0 unspecified atom stereocenters. The van der Waals surface area contributed by atoms with Crippen molar-refractivity contribution in [3.05, 3.63) is 47.8 Å². The minimum absolute atomic E-state index is 1.05. The SMILES string of the molecule is CCc1c[nH]c2c3[nH]cc(CC)c3c3ccccc3c12. The molecule has 100 valence electrons. The molecule has 0 spiro atoms. The Kier molecular flexibility index (Phi) is 2.40. The van der Waals surface area contributed by atoms with E-state index in [0.717, 1.165) is 12.8 Å². The minimum atomic E-state index is 1.05. The second-order valence-electron chi connectivity index (χ2n) is 5.38. The van der Waals surface area contributed by atoms with E-state index in [1.165, 1.54) is 43.7 Å². The van der Waals surface area contributed by atoms with Gasteiger partial charge in [0, 0.05) is 23.2 Å². The highest BCUT2D eigenvalue weighted by molar-refractivity contribution is 6.25. The van der Waals surface area contributed by atoms with Gasteiger partial charge in [0.1, 0.15) is 0 Å². The van der Waals surface area contributed by atoms with Gasteiger partial charge in [-0.15, -0.1) is 0 Å². The number of rotatable bonds is 2. The smallest absolute Gasteiger partial charge is 0.0708 e. The first-order valence-corrected chi connectivity index (χ1v) is 7.35. The van der Waals surface area contributed by atoms with Crippen molar-refractivity contribution < 1.29 is 0 Å². The minimum Gasteiger partial charge on any atom is -0.359 e. The Morgan fingerprint density at radius 2 is 1.20 bits per heavy atom. The van der Waals surface area contributed by atoms with Crippen molar-refractivity contribution in [1.29, 1.82) is 0 Å². The van der Waals surface area contributed by atoms with E-state index < -0.39 is 0 Å². The van der Waals surface area contributed by atoms with E-state index in [0.29, 0.717) is 0 Å². The van der Waals surface area contributed by atoms with Gasteiger partial charge in [-0.3, -0.25) is 0 Å². The zero-order chi connectivity index (χ0) is 13.7. The van der Waals surface area contributed by atoms with Crippen LogP contribution in [0, 0.1) is 0 Å². The lowest BCUT2D eigenvalue weighted by atomic mass is 9.97. The molecule has 0 aliphatic heterocycles. The number of aryl methyl sites for hydroxylation is 2. The summed E-state index contributed by atoms with van der Waals surface area (Å²) in [5.41, 5.74) is 5.28. The zero-order valence-electron chi connectivity index (χ0n) is 11.9. The number of aromatic nitrogens is 2. The van der Waals surface area contributed by atoms with Crippen molar-refractivity contribution >= 4 is 32.6 Å². The van der Waals surface area contributed by atoms with Gasteiger partial charge in [0.05, 0.1) is 11.0 Å². The number of aromatic amines is 2. The van der Waals surface area contributed by atoms with E-state index in [1.807, 2.05) is 0 Å². The number of fused-ring (bicyclic) bond motifs is 6. The molecule has 2 N–H and O–H groups in total. The Hall–Kier alpha value is -2.22. The molecule has 0 aliphatic rings. The van der Waals surface area contributed by atoms with Crippen LogP contribution in [0.3, 0.4) is 0 Å². The lowest BCUT2D eigenvalue weighted by molar-refractivity contribution is 1.15. The molecule has 2 nitrogen and oxygen atoms in total. The van der Waals surface area contributed by atoms with E-state index in [-0.39, 0.29) is 0 Å². The van der Waals surface area contributed by atoms with Crippen LogP contribution in [-0.2, 0) is 12.8 Å². The topological polar surface area (TPSA) is 31.6 Å². The number of hydrogen-bond acceptors (Lipinski definition) is 0. The average molecular weight is 262 g/mol. The molecule has 0 atom stereocenters. The van der Waals surface area contributed by atoms with Gasteiger partial charge >= 0.3 is 0 Å². The first kappa shape index (κ1) is 11.6. The third-order valence-electron chi connectivity index (χ3n) is 4.40. The quantitative estimate of drug-likeness (QED) is 0.513. The first-order valence-electron chi connectivity index (χ1n) is 7.35. The van der Waals surface area contributed by atoms with Crippen LogP contribution < -0.4 is 0 Å². The molecule has 0 saturated carbocycles. The van der Waals surface area contributed by atoms with Crippen LogP contribution in [0.5, 0.6) is 0 Å². The summed E-state index contributed by atoms with van der Waals surface area (Å²) in [6, 6.07) is 8.77. The summed E-state index contributed by atoms with van der Waals surface area (Å²) in [6.45, 7) is 4.43. The highest BCUT2D eigenvalue weighted by Crippen LogP contribution is 2.37. The second-order valence-corrected chi connectivity index (χ2v) is 5.38. The fourth-order valence-corrected chi connectivity index (χ4v) is 3.41. The Morgan fingerprint density at radius 1 is 0.750 bits per heavy atom. The molecule has 0 radical (unpaired) electrons. The Labute approximate surface area is 117 Å². The van der Waals surface area contributed by atoms with Crippen LogP contribution in [0.15, 0.2) is 36.7 Å². The van der Waals surface area contributed by atoms with Crippen LogP contribution in [0.25, 0.3) is 32.6 Å². The van der Waals surface area contributed by atoms with Gasteiger partial charge in [-0.25, -0.2) is 0 Å². The third-order valence-corrected chi connectivity index (χ3v) is 4.40. The average Bonchev–Trinajstić information content (AvgIpc) is 3.11. The third kappa shape index (κ3) is 1.34. The zero-order valence-corrected chi connectivity index (χ0v) is 11.9. The highest BCUT2D eigenvalue weighted by Gasteiger charge is 2.15. The predicted molar refractivity (Wildman–Crippen MR) is 86.4 cm³/mol. The maximum Gasteiger partial charge on any atom is 0.0708 e. The lowest BCUT2D eigenvalue weighted by Crippen LogP contribution is -1.84. The molecular weight excluding hydrogens is 244 g/mol. The van der Waals surface area contributed by atoms with E-state index >= 15 is 0 Å². The molecule has 0 aliphatic carbocycles. The van der Waals surface area contributed by atoms with Gasteiger partial charge in [0.2, 0.25) is 0 Å². The standard InChI is InChI=1S/C18H18N2/c1-3-11-9-19-17-15(11)13-7-5-6-8-14(13)16-12(4-2)10-20-18(16)17/h5-10,19-20H,3-4H2,1-2H3. The molecular formula is C18H18N2. The van der Waals surface area contributed by atoms with Gasteiger partial charge in [-0.2, -0.15) is 0 Å². The Morgan fingerprint density at radius 3 is 1.60 bits per heavy atom.